The average Bonchev–Trinajstić information content (AvgIpc) is 2.17. The van der Waals surface area contributed by atoms with Crippen molar-refractivity contribution < 1.29 is 4.74 Å². The van der Waals surface area contributed by atoms with Crippen molar-refractivity contribution in [3.63, 3.8) is 0 Å². The van der Waals surface area contributed by atoms with Gasteiger partial charge in [0.15, 0.2) is 0 Å². The van der Waals surface area contributed by atoms with Crippen molar-refractivity contribution in [1.82, 2.24) is 5.32 Å². The molecule has 3 nitrogen and oxygen atoms in total. The van der Waals surface area contributed by atoms with Gasteiger partial charge in [-0.2, -0.15) is 0 Å². The summed E-state index contributed by atoms with van der Waals surface area (Å²) in [5.74, 6) is 0. The predicted molar refractivity (Wildman–Crippen MR) is 59.3 cm³/mol. The highest BCUT2D eigenvalue weighted by Gasteiger charge is 2.20. The maximum Gasteiger partial charge on any atom is 0.0480 e. The third-order valence-corrected chi connectivity index (χ3v) is 2.91. The van der Waals surface area contributed by atoms with Crippen LogP contribution in [0.4, 0.5) is 0 Å². The third kappa shape index (κ3) is 4.40. The second-order valence-electron chi connectivity index (χ2n) is 4.97. The topological polar surface area (TPSA) is 47.3 Å². The summed E-state index contributed by atoms with van der Waals surface area (Å²) in [6, 6.07) is 0.654. The quantitative estimate of drug-likeness (QED) is 0.699. The molecule has 0 unspecified atom stereocenters. The maximum absolute atomic E-state index is 5.58. The Bertz CT molecular complexity index is 153. The fourth-order valence-electron chi connectivity index (χ4n) is 1.80. The van der Waals surface area contributed by atoms with Crippen LogP contribution in [0.1, 0.15) is 33.1 Å². The molecule has 0 amide bonds. The molecule has 84 valence electrons. The summed E-state index contributed by atoms with van der Waals surface area (Å²) in [5, 5.41) is 3.61. The van der Waals surface area contributed by atoms with Gasteiger partial charge in [0.1, 0.15) is 0 Å². The zero-order valence-electron chi connectivity index (χ0n) is 9.51. The van der Waals surface area contributed by atoms with Crippen LogP contribution in [-0.2, 0) is 4.74 Å². The molecule has 0 radical (unpaired) electrons. The smallest absolute Gasteiger partial charge is 0.0480 e. The Kier molecular flexibility index (Phi) is 4.85. The van der Waals surface area contributed by atoms with E-state index in [1.807, 2.05) is 0 Å². The number of hydrogen-bond acceptors (Lipinski definition) is 3. The lowest BCUT2D eigenvalue weighted by molar-refractivity contribution is 0.0749. The van der Waals surface area contributed by atoms with Gasteiger partial charge in [-0.05, 0) is 31.2 Å². The fraction of sp³-hybridized carbons (Fsp3) is 1.00. The standard InChI is InChI=1S/C11H24N2O/c1-11(2,5-6-12)9-13-10-3-7-14-8-4-10/h10,13H,3-9,12H2,1-2H3. The van der Waals surface area contributed by atoms with Gasteiger partial charge in [0.2, 0.25) is 0 Å². The van der Waals surface area contributed by atoms with Gasteiger partial charge in [0, 0.05) is 25.8 Å². The van der Waals surface area contributed by atoms with Crippen LogP contribution in [0.15, 0.2) is 0 Å². The Morgan fingerprint density at radius 2 is 2.00 bits per heavy atom. The number of rotatable bonds is 5. The van der Waals surface area contributed by atoms with E-state index >= 15 is 0 Å². The van der Waals surface area contributed by atoms with Gasteiger partial charge >= 0.3 is 0 Å². The van der Waals surface area contributed by atoms with E-state index in [1.165, 1.54) is 0 Å². The molecule has 0 saturated carbocycles. The van der Waals surface area contributed by atoms with Crippen LogP contribution < -0.4 is 11.1 Å². The van der Waals surface area contributed by atoms with E-state index in [0.717, 1.165) is 45.6 Å². The summed E-state index contributed by atoms with van der Waals surface area (Å²) in [6.07, 6.45) is 3.39. The van der Waals surface area contributed by atoms with Gasteiger partial charge in [-0.25, -0.2) is 0 Å². The molecule has 0 atom stereocenters. The lowest BCUT2D eigenvalue weighted by atomic mass is 9.89. The van der Waals surface area contributed by atoms with Gasteiger partial charge < -0.3 is 15.8 Å². The van der Waals surface area contributed by atoms with Gasteiger partial charge in [-0.15, -0.1) is 0 Å². The Labute approximate surface area is 87.4 Å². The molecule has 0 bridgehead atoms. The summed E-state index contributed by atoms with van der Waals surface area (Å²) in [7, 11) is 0. The molecule has 0 aromatic carbocycles. The second kappa shape index (κ2) is 5.69. The Morgan fingerprint density at radius 1 is 1.36 bits per heavy atom. The summed E-state index contributed by atoms with van der Waals surface area (Å²) < 4.78 is 5.32. The van der Waals surface area contributed by atoms with Crippen molar-refractivity contribution in [3.05, 3.63) is 0 Å². The van der Waals surface area contributed by atoms with Crippen molar-refractivity contribution in [2.24, 2.45) is 11.1 Å². The van der Waals surface area contributed by atoms with E-state index in [1.54, 1.807) is 0 Å². The molecular formula is C11H24N2O. The number of nitrogens with two attached hydrogens (primary N) is 1. The van der Waals surface area contributed by atoms with Crippen LogP contribution in [0.5, 0.6) is 0 Å². The Balaban J connectivity index is 2.17. The molecule has 1 rings (SSSR count). The molecule has 14 heavy (non-hydrogen) atoms. The zero-order valence-corrected chi connectivity index (χ0v) is 9.51. The largest absolute Gasteiger partial charge is 0.381 e. The van der Waals surface area contributed by atoms with Crippen LogP contribution >= 0.6 is 0 Å². The van der Waals surface area contributed by atoms with Gasteiger partial charge in [0.25, 0.3) is 0 Å². The average molecular weight is 200 g/mol. The third-order valence-electron chi connectivity index (χ3n) is 2.91. The zero-order chi connectivity index (χ0) is 10.4. The molecule has 0 spiro atoms. The minimum Gasteiger partial charge on any atom is -0.381 e. The lowest BCUT2D eigenvalue weighted by Gasteiger charge is -2.29. The first kappa shape index (κ1) is 12.0. The monoisotopic (exact) mass is 200 g/mol. The van der Waals surface area contributed by atoms with E-state index in [9.17, 15) is 0 Å². The minimum absolute atomic E-state index is 0.326. The summed E-state index contributed by atoms with van der Waals surface area (Å²) in [4.78, 5) is 0. The number of nitrogens with one attached hydrogen (secondary N) is 1. The summed E-state index contributed by atoms with van der Waals surface area (Å²) >= 11 is 0. The van der Waals surface area contributed by atoms with Crippen molar-refractivity contribution >= 4 is 0 Å². The fourth-order valence-corrected chi connectivity index (χ4v) is 1.80. The van der Waals surface area contributed by atoms with E-state index in [4.69, 9.17) is 10.5 Å². The summed E-state index contributed by atoms with van der Waals surface area (Å²) in [5.41, 5.74) is 5.90. The van der Waals surface area contributed by atoms with Crippen LogP contribution in [0, 0.1) is 5.41 Å². The van der Waals surface area contributed by atoms with Crippen molar-refractivity contribution in [1.29, 1.82) is 0 Å². The molecule has 1 fully saturated rings. The van der Waals surface area contributed by atoms with Gasteiger partial charge in [0.05, 0.1) is 0 Å². The first-order valence-corrected chi connectivity index (χ1v) is 5.65. The molecule has 0 aromatic heterocycles. The predicted octanol–water partition coefficient (Wildman–Crippen LogP) is 1.13. The SMILES string of the molecule is CC(C)(CCN)CNC1CCOCC1. The van der Waals surface area contributed by atoms with E-state index in [0.29, 0.717) is 11.5 Å². The van der Waals surface area contributed by atoms with E-state index < -0.39 is 0 Å². The molecule has 3 N–H and O–H groups in total. The first-order valence-electron chi connectivity index (χ1n) is 5.65. The lowest BCUT2D eigenvalue weighted by Crippen LogP contribution is -2.40. The number of ether oxygens (including phenoxy) is 1. The van der Waals surface area contributed by atoms with E-state index in [2.05, 4.69) is 19.2 Å². The van der Waals surface area contributed by atoms with Crippen molar-refractivity contribution in [2.75, 3.05) is 26.3 Å². The van der Waals surface area contributed by atoms with Gasteiger partial charge in [-0.1, -0.05) is 13.8 Å². The molecule has 3 heteroatoms. The highest BCUT2D eigenvalue weighted by molar-refractivity contribution is 4.77. The van der Waals surface area contributed by atoms with Crippen LogP contribution in [0.25, 0.3) is 0 Å². The molecular weight excluding hydrogens is 176 g/mol. The van der Waals surface area contributed by atoms with Crippen LogP contribution in [-0.4, -0.2) is 32.3 Å². The Morgan fingerprint density at radius 3 is 2.57 bits per heavy atom. The molecule has 1 aliphatic rings. The minimum atomic E-state index is 0.326. The van der Waals surface area contributed by atoms with Crippen LogP contribution in [0.3, 0.4) is 0 Å². The molecule has 0 aliphatic carbocycles. The maximum atomic E-state index is 5.58. The van der Waals surface area contributed by atoms with E-state index in [-0.39, 0.29) is 0 Å². The molecule has 1 heterocycles. The summed E-state index contributed by atoms with van der Waals surface area (Å²) in [6.45, 7) is 8.21. The number of hydrogen-bond donors (Lipinski definition) is 2. The van der Waals surface area contributed by atoms with Crippen molar-refractivity contribution in [2.45, 2.75) is 39.2 Å². The normalized spacial score (nSPS) is 19.9. The van der Waals surface area contributed by atoms with Gasteiger partial charge in [-0.3, -0.25) is 0 Å². The van der Waals surface area contributed by atoms with Crippen LogP contribution in [0.2, 0.25) is 0 Å². The Hall–Kier alpha value is -0.120. The van der Waals surface area contributed by atoms with Crippen molar-refractivity contribution in [3.8, 4) is 0 Å². The molecule has 0 aromatic rings. The highest BCUT2D eigenvalue weighted by atomic mass is 16.5. The molecule has 1 saturated heterocycles. The second-order valence-corrected chi connectivity index (χ2v) is 4.97. The highest BCUT2D eigenvalue weighted by Crippen LogP contribution is 2.18. The first-order chi connectivity index (χ1) is 6.64. The molecule has 1 aliphatic heterocycles.